The molecular formula is C10H17N. The lowest BCUT2D eigenvalue weighted by atomic mass is 9.77. The van der Waals surface area contributed by atoms with E-state index in [1.807, 2.05) is 6.08 Å². The van der Waals surface area contributed by atoms with E-state index in [1.54, 1.807) is 0 Å². The average Bonchev–Trinajstić information content (AvgIpc) is 2.01. The van der Waals surface area contributed by atoms with E-state index in [0.29, 0.717) is 17.8 Å². The third kappa shape index (κ3) is 1.54. The summed E-state index contributed by atoms with van der Waals surface area (Å²) in [5.41, 5.74) is 6.00. The second-order valence-electron chi connectivity index (χ2n) is 3.49. The highest BCUT2D eigenvalue weighted by atomic mass is 14.7. The minimum absolute atomic E-state index is 0.257. The summed E-state index contributed by atoms with van der Waals surface area (Å²) in [6, 6.07) is 0.257. The van der Waals surface area contributed by atoms with Crippen molar-refractivity contribution in [3.05, 3.63) is 24.8 Å². The maximum Gasteiger partial charge on any atom is 0.0168 e. The van der Waals surface area contributed by atoms with Crippen LogP contribution in [0.15, 0.2) is 24.8 Å². The summed E-state index contributed by atoms with van der Waals surface area (Å²) < 4.78 is 0. The quantitative estimate of drug-likeness (QED) is 0.570. The van der Waals surface area contributed by atoms with Crippen LogP contribution in [0.1, 0.15) is 13.8 Å². The van der Waals surface area contributed by atoms with Gasteiger partial charge in [0, 0.05) is 12.0 Å². The van der Waals surface area contributed by atoms with E-state index >= 15 is 0 Å². The standard InChI is InChI=1S/C10H17N/c1-4-9-6-5-7(2)8(3)10(9)11/h4-10H,1,11H2,2-3H3/t7-,8-,9?,10?/m1/s1. The molecule has 11 heavy (non-hydrogen) atoms. The van der Waals surface area contributed by atoms with E-state index in [4.69, 9.17) is 5.73 Å². The van der Waals surface area contributed by atoms with Crippen LogP contribution in [0, 0.1) is 17.8 Å². The van der Waals surface area contributed by atoms with Gasteiger partial charge in [0.2, 0.25) is 0 Å². The van der Waals surface area contributed by atoms with Crippen molar-refractivity contribution in [2.75, 3.05) is 0 Å². The topological polar surface area (TPSA) is 26.0 Å². The normalized spacial score (nSPS) is 43.9. The van der Waals surface area contributed by atoms with Gasteiger partial charge in [0.15, 0.2) is 0 Å². The maximum atomic E-state index is 6.00. The molecule has 1 aliphatic rings. The summed E-state index contributed by atoms with van der Waals surface area (Å²) in [7, 11) is 0. The van der Waals surface area contributed by atoms with Crippen LogP contribution in [0.4, 0.5) is 0 Å². The lowest BCUT2D eigenvalue weighted by Crippen LogP contribution is -2.39. The predicted octanol–water partition coefficient (Wildman–Crippen LogP) is 1.96. The Kier molecular flexibility index (Phi) is 2.50. The predicted molar refractivity (Wildman–Crippen MR) is 49.1 cm³/mol. The number of hydrogen-bond acceptors (Lipinski definition) is 1. The van der Waals surface area contributed by atoms with Crippen molar-refractivity contribution in [1.82, 2.24) is 0 Å². The molecule has 0 aromatic carbocycles. The molecule has 0 radical (unpaired) electrons. The third-order valence-electron chi connectivity index (χ3n) is 2.79. The van der Waals surface area contributed by atoms with Gasteiger partial charge >= 0.3 is 0 Å². The first-order valence-corrected chi connectivity index (χ1v) is 4.23. The third-order valence-corrected chi connectivity index (χ3v) is 2.79. The molecular weight excluding hydrogens is 134 g/mol. The summed E-state index contributed by atoms with van der Waals surface area (Å²) >= 11 is 0. The molecule has 0 bridgehead atoms. The minimum Gasteiger partial charge on any atom is -0.327 e. The Bertz CT molecular complexity index is 172. The Labute approximate surface area is 69.0 Å². The van der Waals surface area contributed by atoms with Gasteiger partial charge in [-0.25, -0.2) is 0 Å². The number of hydrogen-bond donors (Lipinski definition) is 1. The Morgan fingerprint density at radius 2 is 2.00 bits per heavy atom. The van der Waals surface area contributed by atoms with Crippen LogP contribution in [-0.2, 0) is 0 Å². The summed E-state index contributed by atoms with van der Waals surface area (Å²) in [4.78, 5) is 0. The second kappa shape index (κ2) is 3.22. The van der Waals surface area contributed by atoms with Crippen LogP contribution in [0.3, 0.4) is 0 Å². The van der Waals surface area contributed by atoms with Gasteiger partial charge in [-0.1, -0.05) is 32.1 Å². The van der Waals surface area contributed by atoms with Gasteiger partial charge in [-0.2, -0.15) is 0 Å². The van der Waals surface area contributed by atoms with Crippen LogP contribution in [-0.4, -0.2) is 6.04 Å². The van der Waals surface area contributed by atoms with Crippen molar-refractivity contribution in [2.45, 2.75) is 19.9 Å². The van der Waals surface area contributed by atoms with Crippen molar-refractivity contribution >= 4 is 0 Å². The van der Waals surface area contributed by atoms with Crippen LogP contribution in [0.25, 0.3) is 0 Å². The largest absolute Gasteiger partial charge is 0.327 e. The van der Waals surface area contributed by atoms with E-state index in [0.717, 1.165) is 0 Å². The highest BCUT2D eigenvalue weighted by molar-refractivity contribution is 5.10. The molecule has 2 unspecified atom stereocenters. The molecule has 0 amide bonds. The molecule has 1 nitrogen and oxygen atoms in total. The molecule has 0 saturated carbocycles. The van der Waals surface area contributed by atoms with Gasteiger partial charge in [-0.3, -0.25) is 0 Å². The molecule has 0 saturated heterocycles. The number of rotatable bonds is 1. The number of allylic oxidation sites excluding steroid dienone is 1. The van der Waals surface area contributed by atoms with Crippen LogP contribution >= 0.6 is 0 Å². The van der Waals surface area contributed by atoms with E-state index in [2.05, 4.69) is 32.6 Å². The van der Waals surface area contributed by atoms with Gasteiger partial charge < -0.3 is 5.73 Å². The molecule has 0 aromatic rings. The minimum atomic E-state index is 0.257. The monoisotopic (exact) mass is 151 g/mol. The lowest BCUT2D eigenvalue weighted by Gasteiger charge is -2.32. The van der Waals surface area contributed by atoms with Gasteiger partial charge in [-0.05, 0) is 11.8 Å². The van der Waals surface area contributed by atoms with Crippen LogP contribution in [0.2, 0.25) is 0 Å². The van der Waals surface area contributed by atoms with E-state index in [-0.39, 0.29) is 6.04 Å². The fourth-order valence-electron chi connectivity index (χ4n) is 1.54. The van der Waals surface area contributed by atoms with Crippen molar-refractivity contribution in [2.24, 2.45) is 23.5 Å². The van der Waals surface area contributed by atoms with Gasteiger partial charge in [0.05, 0.1) is 0 Å². The maximum absolute atomic E-state index is 6.00. The molecule has 4 atom stereocenters. The Hall–Kier alpha value is -0.560. The van der Waals surface area contributed by atoms with Crippen LogP contribution < -0.4 is 5.73 Å². The summed E-state index contributed by atoms with van der Waals surface area (Å²) in [6.45, 7) is 8.18. The van der Waals surface area contributed by atoms with Gasteiger partial charge in [-0.15, -0.1) is 6.58 Å². The molecule has 0 spiro atoms. The first kappa shape index (κ1) is 8.54. The van der Waals surface area contributed by atoms with Crippen LogP contribution in [0.5, 0.6) is 0 Å². The summed E-state index contributed by atoms with van der Waals surface area (Å²) in [5.74, 6) is 1.56. The molecule has 1 aliphatic carbocycles. The van der Waals surface area contributed by atoms with Crippen molar-refractivity contribution in [3.8, 4) is 0 Å². The fraction of sp³-hybridized carbons (Fsp3) is 0.600. The lowest BCUT2D eigenvalue weighted by molar-refractivity contribution is 0.323. The van der Waals surface area contributed by atoms with E-state index in [1.165, 1.54) is 0 Å². The highest BCUT2D eigenvalue weighted by Crippen LogP contribution is 2.27. The zero-order valence-electron chi connectivity index (χ0n) is 7.33. The van der Waals surface area contributed by atoms with Crippen molar-refractivity contribution in [3.63, 3.8) is 0 Å². The molecule has 0 fully saturated rings. The van der Waals surface area contributed by atoms with Crippen molar-refractivity contribution < 1.29 is 0 Å². The summed E-state index contributed by atoms with van der Waals surface area (Å²) in [6.07, 6.45) is 6.34. The average molecular weight is 151 g/mol. The Balaban J connectivity index is 2.75. The zero-order chi connectivity index (χ0) is 8.43. The SMILES string of the molecule is C=CC1C=C[C@@H](C)[C@@H](C)C1N. The Morgan fingerprint density at radius 1 is 1.36 bits per heavy atom. The highest BCUT2D eigenvalue weighted by Gasteiger charge is 2.26. The smallest absolute Gasteiger partial charge is 0.0168 e. The van der Waals surface area contributed by atoms with Crippen molar-refractivity contribution in [1.29, 1.82) is 0 Å². The van der Waals surface area contributed by atoms with E-state index < -0.39 is 0 Å². The zero-order valence-corrected chi connectivity index (χ0v) is 7.33. The second-order valence-corrected chi connectivity index (χ2v) is 3.49. The van der Waals surface area contributed by atoms with Gasteiger partial charge in [0.25, 0.3) is 0 Å². The molecule has 1 heteroatoms. The first-order valence-electron chi connectivity index (χ1n) is 4.23. The molecule has 0 heterocycles. The first-order chi connectivity index (χ1) is 5.16. The molecule has 0 aromatic heterocycles. The Morgan fingerprint density at radius 3 is 2.55 bits per heavy atom. The number of nitrogens with two attached hydrogens (primary N) is 1. The molecule has 2 N–H and O–H groups in total. The fourth-order valence-corrected chi connectivity index (χ4v) is 1.54. The van der Waals surface area contributed by atoms with E-state index in [9.17, 15) is 0 Å². The molecule has 1 rings (SSSR count). The molecule has 0 aliphatic heterocycles. The summed E-state index contributed by atoms with van der Waals surface area (Å²) in [5, 5.41) is 0. The molecule has 62 valence electrons. The van der Waals surface area contributed by atoms with Gasteiger partial charge in [0.1, 0.15) is 0 Å².